The molecule has 21 heavy (non-hydrogen) atoms. The summed E-state index contributed by atoms with van der Waals surface area (Å²) < 4.78 is 0. The molecule has 0 fully saturated rings. The predicted molar refractivity (Wildman–Crippen MR) is 78.3 cm³/mol. The van der Waals surface area contributed by atoms with E-state index in [-0.39, 0.29) is 12.5 Å². The van der Waals surface area contributed by atoms with Crippen molar-refractivity contribution in [2.75, 3.05) is 6.61 Å². The highest BCUT2D eigenvalue weighted by Crippen LogP contribution is 2.06. The SMILES string of the molecule is Cc1ccncc1CNC(=O)c1cncc(C#CCO)c1. The molecule has 5 heteroatoms. The van der Waals surface area contributed by atoms with Gasteiger partial charge < -0.3 is 10.4 Å². The van der Waals surface area contributed by atoms with E-state index >= 15 is 0 Å². The van der Waals surface area contributed by atoms with Gasteiger partial charge in [-0.05, 0) is 30.2 Å². The highest BCUT2D eigenvalue weighted by atomic mass is 16.2. The van der Waals surface area contributed by atoms with Crippen molar-refractivity contribution in [2.24, 2.45) is 0 Å². The molecule has 0 saturated carbocycles. The first kappa shape index (κ1) is 14.7. The van der Waals surface area contributed by atoms with E-state index in [1.54, 1.807) is 24.7 Å². The number of amides is 1. The van der Waals surface area contributed by atoms with Gasteiger partial charge in [-0.2, -0.15) is 0 Å². The summed E-state index contributed by atoms with van der Waals surface area (Å²) in [6, 6.07) is 3.54. The van der Waals surface area contributed by atoms with Gasteiger partial charge in [-0.1, -0.05) is 11.8 Å². The van der Waals surface area contributed by atoms with Crippen LogP contribution in [0.15, 0.2) is 36.9 Å². The number of pyridine rings is 2. The quantitative estimate of drug-likeness (QED) is 0.825. The molecular weight excluding hydrogens is 266 g/mol. The van der Waals surface area contributed by atoms with Gasteiger partial charge in [-0.15, -0.1) is 0 Å². The Hall–Kier alpha value is -2.71. The Morgan fingerprint density at radius 2 is 2.19 bits per heavy atom. The van der Waals surface area contributed by atoms with Crippen molar-refractivity contribution in [2.45, 2.75) is 13.5 Å². The molecule has 0 spiro atoms. The van der Waals surface area contributed by atoms with E-state index in [2.05, 4.69) is 27.1 Å². The lowest BCUT2D eigenvalue weighted by atomic mass is 10.1. The minimum atomic E-state index is -0.225. The van der Waals surface area contributed by atoms with Gasteiger partial charge in [0.05, 0.1) is 5.56 Å². The summed E-state index contributed by atoms with van der Waals surface area (Å²) >= 11 is 0. The standard InChI is InChI=1S/C16H15N3O2/c1-12-4-5-17-10-15(12)11-19-16(21)14-7-13(3-2-6-20)8-18-9-14/h4-5,7-10,20H,6,11H2,1H3,(H,19,21). The van der Waals surface area contributed by atoms with Crippen LogP contribution in [0.2, 0.25) is 0 Å². The van der Waals surface area contributed by atoms with Gasteiger partial charge in [0.2, 0.25) is 0 Å². The Morgan fingerprint density at radius 1 is 1.33 bits per heavy atom. The number of carbonyl (C=O) groups is 1. The zero-order valence-electron chi connectivity index (χ0n) is 11.6. The number of aliphatic hydroxyl groups is 1. The minimum absolute atomic E-state index is 0.224. The van der Waals surface area contributed by atoms with Crippen LogP contribution >= 0.6 is 0 Å². The lowest BCUT2D eigenvalue weighted by molar-refractivity contribution is 0.0950. The molecule has 0 atom stereocenters. The average molecular weight is 281 g/mol. The van der Waals surface area contributed by atoms with E-state index in [1.807, 2.05) is 13.0 Å². The van der Waals surface area contributed by atoms with Gasteiger partial charge in [0.1, 0.15) is 6.61 Å². The van der Waals surface area contributed by atoms with Gasteiger partial charge in [0.15, 0.2) is 0 Å². The molecule has 106 valence electrons. The van der Waals surface area contributed by atoms with Crippen molar-refractivity contribution in [3.63, 3.8) is 0 Å². The second-order valence-electron chi connectivity index (χ2n) is 4.41. The number of aromatic nitrogens is 2. The third-order valence-electron chi connectivity index (χ3n) is 2.90. The monoisotopic (exact) mass is 281 g/mol. The molecule has 0 aromatic carbocycles. The molecule has 0 aliphatic heterocycles. The van der Waals surface area contributed by atoms with Crippen molar-refractivity contribution in [3.8, 4) is 11.8 Å². The smallest absolute Gasteiger partial charge is 0.253 e. The third kappa shape index (κ3) is 4.13. The number of aryl methyl sites for hydroxylation is 1. The Balaban J connectivity index is 2.05. The van der Waals surface area contributed by atoms with E-state index in [0.29, 0.717) is 17.7 Å². The summed E-state index contributed by atoms with van der Waals surface area (Å²) in [4.78, 5) is 20.1. The number of nitrogens with one attached hydrogen (secondary N) is 1. The van der Waals surface area contributed by atoms with Crippen LogP contribution < -0.4 is 5.32 Å². The molecular formula is C16H15N3O2. The van der Waals surface area contributed by atoms with Crippen LogP contribution in [0.4, 0.5) is 0 Å². The average Bonchev–Trinajstić information content (AvgIpc) is 2.52. The summed E-state index contributed by atoms with van der Waals surface area (Å²) in [7, 11) is 0. The van der Waals surface area contributed by atoms with Crippen LogP contribution in [0.3, 0.4) is 0 Å². The Labute approximate surface area is 123 Å². The van der Waals surface area contributed by atoms with Crippen molar-refractivity contribution in [1.82, 2.24) is 15.3 Å². The molecule has 1 amide bonds. The first-order chi connectivity index (χ1) is 10.2. The lowest BCUT2D eigenvalue weighted by Gasteiger charge is -2.07. The van der Waals surface area contributed by atoms with Crippen LogP contribution in [-0.2, 0) is 6.54 Å². The molecule has 5 nitrogen and oxygen atoms in total. The summed E-state index contributed by atoms with van der Waals surface area (Å²) in [6.45, 7) is 2.15. The summed E-state index contributed by atoms with van der Waals surface area (Å²) in [6.07, 6.45) is 6.48. The van der Waals surface area contributed by atoms with Gasteiger partial charge in [0.25, 0.3) is 5.91 Å². The Kier molecular flexibility index (Phi) is 5.02. The number of rotatable bonds is 3. The van der Waals surface area contributed by atoms with Crippen LogP contribution in [0.25, 0.3) is 0 Å². The molecule has 2 aromatic heterocycles. The van der Waals surface area contributed by atoms with E-state index in [4.69, 9.17) is 5.11 Å². The van der Waals surface area contributed by atoms with Crippen LogP contribution in [0, 0.1) is 18.8 Å². The predicted octanol–water partition coefficient (Wildman–Crippen LogP) is 1.06. The fourth-order valence-electron chi connectivity index (χ4n) is 1.73. The van der Waals surface area contributed by atoms with Crippen LogP contribution in [0.1, 0.15) is 27.0 Å². The fourth-order valence-corrected chi connectivity index (χ4v) is 1.73. The zero-order valence-corrected chi connectivity index (χ0v) is 11.6. The zero-order chi connectivity index (χ0) is 15.1. The molecule has 0 aliphatic carbocycles. The van der Waals surface area contributed by atoms with Gasteiger partial charge in [-0.3, -0.25) is 14.8 Å². The molecule has 2 heterocycles. The number of carbonyl (C=O) groups excluding carboxylic acids is 1. The highest BCUT2D eigenvalue weighted by molar-refractivity contribution is 5.94. The summed E-state index contributed by atoms with van der Waals surface area (Å²) in [5.74, 6) is 5.02. The van der Waals surface area contributed by atoms with Gasteiger partial charge in [0, 0.05) is 36.9 Å². The van der Waals surface area contributed by atoms with E-state index in [9.17, 15) is 4.79 Å². The maximum absolute atomic E-state index is 12.1. The topological polar surface area (TPSA) is 75.1 Å². The van der Waals surface area contributed by atoms with Gasteiger partial charge in [-0.25, -0.2) is 0 Å². The Bertz CT molecular complexity index is 702. The molecule has 0 saturated heterocycles. The molecule has 0 bridgehead atoms. The molecule has 0 unspecified atom stereocenters. The fraction of sp³-hybridized carbons (Fsp3) is 0.188. The second-order valence-corrected chi connectivity index (χ2v) is 4.41. The van der Waals surface area contributed by atoms with E-state index in [1.165, 1.54) is 6.20 Å². The van der Waals surface area contributed by atoms with Crippen molar-refractivity contribution in [1.29, 1.82) is 0 Å². The van der Waals surface area contributed by atoms with Gasteiger partial charge >= 0.3 is 0 Å². The highest BCUT2D eigenvalue weighted by Gasteiger charge is 2.07. The van der Waals surface area contributed by atoms with Crippen LogP contribution in [0.5, 0.6) is 0 Å². The third-order valence-corrected chi connectivity index (χ3v) is 2.90. The van der Waals surface area contributed by atoms with Crippen molar-refractivity contribution < 1.29 is 9.90 Å². The minimum Gasteiger partial charge on any atom is -0.384 e. The summed E-state index contributed by atoms with van der Waals surface area (Å²) in [5.41, 5.74) is 3.07. The van der Waals surface area contributed by atoms with E-state index in [0.717, 1.165) is 11.1 Å². The maximum atomic E-state index is 12.1. The first-order valence-electron chi connectivity index (χ1n) is 6.43. The second kappa shape index (κ2) is 7.17. The molecule has 2 aromatic rings. The molecule has 2 N–H and O–H groups in total. The molecule has 2 rings (SSSR count). The van der Waals surface area contributed by atoms with Crippen molar-refractivity contribution >= 4 is 5.91 Å². The summed E-state index contributed by atoms with van der Waals surface area (Å²) in [5, 5.41) is 11.5. The van der Waals surface area contributed by atoms with Crippen molar-refractivity contribution in [3.05, 3.63) is 59.2 Å². The number of hydrogen-bond acceptors (Lipinski definition) is 4. The van der Waals surface area contributed by atoms with E-state index < -0.39 is 0 Å². The lowest BCUT2D eigenvalue weighted by Crippen LogP contribution is -2.23. The largest absolute Gasteiger partial charge is 0.384 e. The first-order valence-corrected chi connectivity index (χ1v) is 6.43. The van der Waals surface area contributed by atoms with Crippen LogP contribution in [-0.4, -0.2) is 27.6 Å². The number of hydrogen-bond donors (Lipinski definition) is 2. The number of nitrogens with zero attached hydrogens (tertiary/aromatic N) is 2. The number of aliphatic hydroxyl groups excluding tert-OH is 1. The Morgan fingerprint density at radius 3 is 2.95 bits per heavy atom. The molecule has 0 radical (unpaired) electrons. The maximum Gasteiger partial charge on any atom is 0.253 e. The molecule has 0 aliphatic rings. The normalized spacial score (nSPS) is 9.62.